The van der Waals surface area contributed by atoms with Gasteiger partial charge in [0.05, 0.1) is 16.6 Å². The average Bonchev–Trinajstić information content (AvgIpc) is 2.68. The Balaban J connectivity index is 1.75. The second-order valence-corrected chi connectivity index (χ2v) is 6.52. The van der Waals surface area contributed by atoms with Crippen LogP contribution < -0.4 is 10.9 Å². The number of rotatable bonds is 3. The SMILES string of the molecule is O=C(Nc1cccc(F)c1)c1ccc2c(=O)n(-c3ccccc3)c(=S)[nH]c2c1. The first-order chi connectivity index (χ1) is 13.5. The summed E-state index contributed by atoms with van der Waals surface area (Å²) in [6.45, 7) is 0. The fourth-order valence-electron chi connectivity index (χ4n) is 2.94. The van der Waals surface area contributed by atoms with Crippen molar-refractivity contribution in [1.82, 2.24) is 9.55 Å². The molecule has 0 radical (unpaired) electrons. The molecule has 0 aliphatic heterocycles. The maximum absolute atomic E-state index is 13.3. The van der Waals surface area contributed by atoms with Crippen molar-refractivity contribution in [2.24, 2.45) is 0 Å². The zero-order chi connectivity index (χ0) is 19.7. The van der Waals surface area contributed by atoms with Gasteiger partial charge >= 0.3 is 0 Å². The zero-order valence-electron chi connectivity index (χ0n) is 14.5. The molecule has 4 rings (SSSR count). The Bertz CT molecular complexity index is 1310. The van der Waals surface area contributed by atoms with Gasteiger partial charge in [-0.3, -0.25) is 14.2 Å². The van der Waals surface area contributed by atoms with Gasteiger partial charge in [0.15, 0.2) is 4.77 Å². The summed E-state index contributed by atoms with van der Waals surface area (Å²) in [5, 5.41) is 3.03. The van der Waals surface area contributed by atoms with E-state index >= 15 is 0 Å². The van der Waals surface area contributed by atoms with Crippen molar-refractivity contribution in [3.8, 4) is 5.69 Å². The number of aromatic amines is 1. The van der Waals surface area contributed by atoms with Crippen LogP contribution in [-0.4, -0.2) is 15.5 Å². The number of nitrogens with zero attached hydrogens (tertiary/aromatic N) is 1. The van der Waals surface area contributed by atoms with Crippen LogP contribution in [0.25, 0.3) is 16.6 Å². The van der Waals surface area contributed by atoms with Gasteiger partial charge in [-0.15, -0.1) is 0 Å². The molecule has 3 aromatic carbocycles. The van der Waals surface area contributed by atoms with Gasteiger partial charge in [-0.05, 0) is 60.7 Å². The van der Waals surface area contributed by atoms with E-state index in [0.717, 1.165) is 0 Å². The maximum Gasteiger partial charge on any atom is 0.266 e. The Hall–Kier alpha value is -3.58. The van der Waals surface area contributed by atoms with Crippen LogP contribution in [0.1, 0.15) is 10.4 Å². The van der Waals surface area contributed by atoms with E-state index in [2.05, 4.69) is 10.3 Å². The van der Waals surface area contributed by atoms with Crippen molar-refractivity contribution in [1.29, 1.82) is 0 Å². The Morgan fingerprint density at radius 2 is 1.79 bits per heavy atom. The van der Waals surface area contributed by atoms with Crippen LogP contribution >= 0.6 is 12.2 Å². The largest absolute Gasteiger partial charge is 0.331 e. The molecule has 0 unspecified atom stereocenters. The first kappa shape index (κ1) is 17.8. The van der Waals surface area contributed by atoms with Crippen LogP contribution in [0.4, 0.5) is 10.1 Å². The van der Waals surface area contributed by atoms with Gasteiger partial charge in [0.1, 0.15) is 5.82 Å². The minimum Gasteiger partial charge on any atom is -0.331 e. The quantitative estimate of drug-likeness (QED) is 0.508. The summed E-state index contributed by atoms with van der Waals surface area (Å²) in [5.74, 6) is -0.860. The van der Waals surface area contributed by atoms with Crippen LogP contribution in [-0.2, 0) is 0 Å². The standard InChI is InChI=1S/C21H14FN3O2S/c22-14-5-4-6-15(12-14)23-19(26)13-9-10-17-18(11-13)24-21(28)25(20(17)27)16-7-2-1-3-8-16/h1-12H,(H,23,26)(H,24,28). The van der Waals surface area contributed by atoms with Crippen LogP contribution in [0.15, 0.2) is 77.6 Å². The molecule has 1 heterocycles. The number of aromatic nitrogens is 2. The number of carbonyl (C=O) groups excluding carboxylic acids is 1. The van der Waals surface area contributed by atoms with Crippen LogP contribution in [0.5, 0.6) is 0 Å². The number of hydrogen-bond acceptors (Lipinski definition) is 3. The van der Waals surface area contributed by atoms with Gasteiger partial charge < -0.3 is 10.3 Å². The first-order valence-electron chi connectivity index (χ1n) is 8.44. The van der Waals surface area contributed by atoms with E-state index in [1.54, 1.807) is 36.4 Å². The van der Waals surface area contributed by atoms with E-state index in [0.29, 0.717) is 27.8 Å². The minimum absolute atomic E-state index is 0.228. The van der Waals surface area contributed by atoms with E-state index in [4.69, 9.17) is 12.2 Å². The Labute approximate surface area is 164 Å². The molecule has 1 amide bonds. The van der Waals surface area contributed by atoms with Gasteiger partial charge in [0, 0.05) is 11.3 Å². The predicted octanol–water partition coefficient (Wildman–Crippen LogP) is 4.44. The monoisotopic (exact) mass is 391 g/mol. The highest BCUT2D eigenvalue weighted by atomic mass is 32.1. The van der Waals surface area contributed by atoms with E-state index in [1.807, 2.05) is 18.2 Å². The van der Waals surface area contributed by atoms with Crippen molar-refractivity contribution >= 4 is 34.7 Å². The number of fused-ring (bicyclic) bond motifs is 1. The van der Waals surface area contributed by atoms with E-state index in [1.165, 1.54) is 22.8 Å². The molecular formula is C21H14FN3O2S. The Morgan fingerprint density at radius 1 is 1.00 bits per heavy atom. The molecule has 0 aliphatic rings. The number of para-hydroxylation sites is 1. The number of nitrogens with one attached hydrogen (secondary N) is 2. The molecule has 0 bridgehead atoms. The van der Waals surface area contributed by atoms with E-state index < -0.39 is 11.7 Å². The van der Waals surface area contributed by atoms with Gasteiger partial charge in [-0.1, -0.05) is 24.3 Å². The maximum atomic E-state index is 13.3. The molecule has 4 aromatic rings. The van der Waals surface area contributed by atoms with Crippen molar-refractivity contribution in [3.63, 3.8) is 0 Å². The molecule has 0 fully saturated rings. The molecular weight excluding hydrogens is 377 g/mol. The van der Waals surface area contributed by atoms with Crippen molar-refractivity contribution in [3.05, 3.63) is 99.3 Å². The average molecular weight is 391 g/mol. The van der Waals surface area contributed by atoms with Crippen molar-refractivity contribution in [2.75, 3.05) is 5.32 Å². The Morgan fingerprint density at radius 3 is 2.54 bits per heavy atom. The number of hydrogen-bond donors (Lipinski definition) is 2. The Kier molecular flexibility index (Phi) is 4.58. The fourth-order valence-corrected chi connectivity index (χ4v) is 3.24. The smallest absolute Gasteiger partial charge is 0.266 e. The topological polar surface area (TPSA) is 66.9 Å². The summed E-state index contributed by atoms with van der Waals surface area (Å²) >= 11 is 5.34. The molecule has 2 N–H and O–H groups in total. The highest BCUT2D eigenvalue weighted by Crippen LogP contribution is 2.16. The number of anilines is 1. The molecule has 0 spiro atoms. The van der Waals surface area contributed by atoms with Gasteiger partial charge in [0.2, 0.25) is 0 Å². The lowest BCUT2D eigenvalue weighted by Gasteiger charge is -2.09. The second kappa shape index (κ2) is 7.21. The predicted molar refractivity (Wildman–Crippen MR) is 109 cm³/mol. The summed E-state index contributed by atoms with van der Waals surface area (Å²) < 4.78 is 14.9. The van der Waals surface area contributed by atoms with Crippen LogP contribution in [0.2, 0.25) is 0 Å². The lowest BCUT2D eigenvalue weighted by atomic mass is 10.1. The summed E-state index contributed by atoms with van der Waals surface area (Å²) in [6.07, 6.45) is 0. The van der Waals surface area contributed by atoms with Crippen LogP contribution in [0.3, 0.4) is 0 Å². The number of H-pyrrole nitrogens is 1. The summed E-state index contributed by atoms with van der Waals surface area (Å²) in [7, 11) is 0. The van der Waals surface area contributed by atoms with Crippen LogP contribution in [0, 0.1) is 10.6 Å². The number of amides is 1. The second-order valence-electron chi connectivity index (χ2n) is 6.13. The highest BCUT2D eigenvalue weighted by molar-refractivity contribution is 7.71. The molecule has 1 aromatic heterocycles. The van der Waals surface area contributed by atoms with Crippen molar-refractivity contribution in [2.45, 2.75) is 0 Å². The lowest BCUT2D eigenvalue weighted by Crippen LogP contribution is -2.21. The van der Waals surface area contributed by atoms with E-state index in [9.17, 15) is 14.0 Å². The molecule has 0 aliphatic carbocycles. The third kappa shape index (κ3) is 3.35. The molecule has 5 nitrogen and oxygen atoms in total. The lowest BCUT2D eigenvalue weighted by molar-refractivity contribution is 0.102. The van der Waals surface area contributed by atoms with Crippen molar-refractivity contribution < 1.29 is 9.18 Å². The molecule has 28 heavy (non-hydrogen) atoms. The molecule has 0 atom stereocenters. The fraction of sp³-hybridized carbons (Fsp3) is 0. The first-order valence-corrected chi connectivity index (χ1v) is 8.85. The third-order valence-electron chi connectivity index (χ3n) is 4.26. The van der Waals surface area contributed by atoms with Gasteiger partial charge in [-0.2, -0.15) is 0 Å². The molecule has 7 heteroatoms. The molecule has 138 valence electrons. The van der Waals surface area contributed by atoms with Gasteiger partial charge in [0.25, 0.3) is 11.5 Å². The van der Waals surface area contributed by atoms with E-state index in [-0.39, 0.29) is 10.3 Å². The zero-order valence-corrected chi connectivity index (χ0v) is 15.3. The third-order valence-corrected chi connectivity index (χ3v) is 4.54. The number of carbonyl (C=O) groups is 1. The highest BCUT2D eigenvalue weighted by Gasteiger charge is 2.12. The molecule has 0 saturated heterocycles. The van der Waals surface area contributed by atoms with Gasteiger partial charge in [-0.25, -0.2) is 4.39 Å². The minimum atomic E-state index is -0.443. The summed E-state index contributed by atoms with van der Waals surface area (Å²) in [5.41, 5.74) is 1.50. The summed E-state index contributed by atoms with van der Waals surface area (Å²) in [6, 6.07) is 19.4. The molecule has 0 saturated carbocycles. The number of benzene rings is 3. The number of halogens is 1. The summed E-state index contributed by atoms with van der Waals surface area (Å²) in [4.78, 5) is 28.4. The normalized spacial score (nSPS) is 10.8.